The van der Waals surface area contributed by atoms with Gasteiger partial charge >= 0.3 is 0 Å². The van der Waals surface area contributed by atoms with Crippen molar-refractivity contribution in [3.05, 3.63) is 113 Å². The summed E-state index contributed by atoms with van der Waals surface area (Å²) in [5, 5.41) is 11.0. The van der Waals surface area contributed by atoms with Gasteiger partial charge in [-0.1, -0.05) is 74.6 Å². The van der Waals surface area contributed by atoms with Crippen molar-refractivity contribution < 1.29 is 4.42 Å². The number of hydrogen-bond acceptors (Lipinski definition) is 6. The van der Waals surface area contributed by atoms with Gasteiger partial charge in [0.1, 0.15) is 4.70 Å². The summed E-state index contributed by atoms with van der Waals surface area (Å²) in [7, 11) is 0. The van der Waals surface area contributed by atoms with Gasteiger partial charge in [0.15, 0.2) is 11.5 Å². The van der Waals surface area contributed by atoms with E-state index in [4.69, 9.17) is 15.6 Å². The lowest BCUT2D eigenvalue weighted by Gasteiger charge is -2.44. The fourth-order valence-corrected chi connectivity index (χ4v) is 6.14. The van der Waals surface area contributed by atoms with E-state index in [0.29, 0.717) is 21.9 Å². The van der Waals surface area contributed by atoms with E-state index in [-0.39, 0.29) is 10.8 Å². The number of anilines is 1. The quantitative estimate of drug-likeness (QED) is 0.129. The number of rotatable bonds is 12. The smallest absolute Gasteiger partial charge is 0.204 e. The number of nitrogens with one attached hydrogen (secondary N) is 1. The molecule has 0 bridgehead atoms. The van der Waals surface area contributed by atoms with E-state index >= 15 is 0 Å². The molecule has 1 aliphatic rings. The van der Waals surface area contributed by atoms with Gasteiger partial charge in [0.2, 0.25) is 5.43 Å². The predicted octanol–water partition coefficient (Wildman–Crippen LogP) is 9.02. The van der Waals surface area contributed by atoms with Gasteiger partial charge in [-0.05, 0) is 56.2 Å². The summed E-state index contributed by atoms with van der Waals surface area (Å²) in [5.74, 6) is 0.593. The van der Waals surface area contributed by atoms with Gasteiger partial charge in [-0.25, -0.2) is 0 Å². The maximum absolute atomic E-state index is 13.0. The highest BCUT2D eigenvalue weighted by Crippen LogP contribution is 2.51. The van der Waals surface area contributed by atoms with Crippen LogP contribution in [0.15, 0.2) is 106 Å². The molecule has 0 amide bonds. The fraction of sp³-hybridized carbons (Fsp3) is 0.314. The van der Waals surface area contributed by atoms with Gasteiger partial charge in [0, 0.05) is 41.2 Å². The van der Waals surface area contributed by atoms with Crippen LogP contribution in [-0.2, 0) is 0 Å². The van der Waals surface area contributed by atoms with Gasteiger partial charge in [0.25, 0.3) is 0 Å². The normalized spacial score (nSPS) is 14.4. The van der Waals surface area contributed by atoms with Gasteiger partial charge in [-0.3, -0.25) is 10.2 Å². The highest BCUT2D eigenvalue weighted by atomic mass is 32.1. The number of thiophene rings is 1. The van der Waals surface area contributed by atoms with Crippen LogP contribution >= 0.6 is 11.3 Å². The van der Waals surface area contributed by atoms with Crippen molar-refractivity contribution in [1.82, 2.24) is 0 Å². The van der Waals surface area contributed by atoms with Crippen molar-refractivity contribution in [2.45, 2.75) is 52.9 Å². The number of nitrogens with zero attached hydrogens (tertiary/aromatic N) is 1. The van der Waals surface area contributed by atoms with Crippen LogP contribution in [0, 0.1) is 10.8 Å². The Bertz CT molecular complexity index is 1500. The molecule has 1 aromatic carbocycles. The van der Waals surface area contributed by atoms with E-state index in [2.05, 4.69) is 31.6 Å². The summed E-state index contributed by atoms with van der Waals surface area (Å²) in [4.78, 5) is 15.1. The van der Waals surface area contributed by atoms with Crippen LogP contribution in [0.4, 0.5) is 5.88 Å². The monoisotopic (exact) mass is 569 g/mol. The molecule has 0 atom stereocenters. The molecule has 2 heterocycles. The second-order valence-corrected chi connectivity index (χ2v) is 11.1. The molecule has 0 saturated heterocycles. The Kier molecular flexibility index (Phi) is 11.3. The molecule has 41 heavy (non-hydrogen) atoms. The summed E-state index contributed by atoms with van der Waals surface area (Å²) in [6.45, 7) is 18.6. The minimum atomic E-state index is -0.294. The van der Waals surface area contributed by atoms with Gasteiger partial charge in [0.05, 0.1) is 5.71 Å². The molecular formula is C35H43N3O2S. The predicted molar refractivity (Wildman–Crippen MR) is 178 cm³/mol. The number of hydrogen-bond donors (Lipinski definition) is 2. The molecule has 2 aromatic heterocycles. The average Bonchev–Trinajstić information content (AvgIpc) is 3.39. The van der Waals surface area contributed by atoms with Gasteiger partial charge in [-0.15, -0.1) is 24.5 Å². The Labute approximate surface area is 248 Å². The van der Waals surface area contributed by atoms with Crippen LogP contribution in [0.2, 0.25) is 0 Å². The van der Waals surface area contributed by atoms with Crippen LogP contribution in [0.25, 0.3) is 21.4 Å². The lowest BCUT2D eigenvalue weighted by Crippen LogP contribution is -2.39. The van der Waals surface area contributed by atoms with Crippen molar-refractivity contribution in [2.75, 3.05) is 18.0 Å². The first-order valence-corrected chi connectivity index (χ1v) is 15.1. The van der Waals surface area contributed by atoms with Crippen LogP contribution < -0.4 is 16.1 Å². The zero-order valence-corrected chi connectivity index (χ0v) is 25.5. The molecule has 1 fully saturated rings. The average molecular weight is 570 g/mol. The lowest BCUT2D eigenvalue weighted by molar-refractivity contribution is 0.244. The fourth-order valence-electron chi connectivity index (χ4n) is 5.23. The van der Waals surface area contributed by atoms with E-state index < -0.39 is 0 Å². The summed E-state index contributed by atoms with van der Waals surface area (Å²) < 4.78 is 6.97. The SMILES string of the molecule is C=C/C=C(/C(=N)c1ccc(-c2csc3c(=O)cc(N(CCC)CCC=C)oc23)cc1)C1(/C(N)=C/C)CCC1.C=CC. The molecule has 0 radical (unpaired) electrons. The zero-order valence-electron chi connectivity index (χ0n) is 24.7. The van der Waals surface area contributed by atoms with Crippen molar-refractivity contribution >= 4 is 33.2 Å². The van der Waals surface area contributed by atoms with E-state index in [0.717, 1.165) is 73.2 Å². The second-order valence-electron chi connectivity index (χ2n) is 10.2. The van der Waals surface area contributed by atoms with Crippen LogP contribution in [-0.4, -0.2) is 18.8 Å². The first kappa shape index (κ1) is 31.6. The lowest BCUT2D eigenvalue weighted by atomic mass is 9.60. The first-order chi connectivity index (χ1) is 19.8. The molecule has 6 heteroatoms. The Balaban J connectivity index is 0.00000147. The highest BCUT2D eigenvalue weighted by molar-refractivity contribution is 7.17. The number of allylic oxidation sites excluding steroid dienone is 5. The summed E-state index contributed by atoms with van der Waals surface area (Å²) in [6.07, 6.45) is 14.0. The topological polar surface area (TPSA) is 83.3 Å². The minimum Gasteiger partial charge on any atom is -0.439 e. The highest BCUT2D eigenvalue weighted by Gasteiger charge is 2.44. The number of nitrogens with two attached hydrogens (primary N) is 1. The second kappa shape index (κ2) is 14.6. The third-order valence-electron chi connectivity index (χ3n) is 7.46. The molecular weight excluding hydrogens is 526 g/mol. The van der Waals surface area contributed by atoms with E-state index in [1.54, 1.807) is 18.2 Å². The molecule has 0 unspecified atom stereocenters. The van der Waals surface area contributed by atoms with Crippen molar-refractivity contribution in [2.24, 2.45) is 11.1 Å². The molecule has 216 valence electrons. The van der Waals surface area contributed by atoms with E-state index in [1.165, 1.54) is 11.3 Å². The molecule has 1 aliphatic carbocycles. The molecule has 0 spiro atoms. The van der Waals surface area contributed by atoms with Crippen molar-refractivity contribution in [3.63, 3.8) is 0 Å². The van der Waals surface area contributed by atoms with E-state index in [1.807, 2.05) is 61.7 Å². The van der Waals surface area contributed by atoms with Crippen LogP contribution in [0.3, 0.4) is 0 Å². The molecule has 3 N–H and O–H groups in total. The first-order valence-electron chi connectivity index (χ1n) is 14.2. The maximum Gasteiger partial charge on any atom is 0.204 e. The Morgan fingerprint density at radius 3 is 2.39 bits per heavy atom. The number of benzene rings is 1. The maximum atomic E-state index is 13.0. The van der Waals surface area contributed by atoms with Crippen LogP contribution in [0.5, 0.6) is 0 Å². The molecule has 0 aliphatic heterocycles. The van der Waals surface area contributed by atoms with Crippen molar-refractivity contribution in [3.8, 4) is 11.1 Å². The standard InChI is InChI=1S/C32H37N3O2S.C3H6/c1-5-9-19-35(18-7-3)28-20-26(36)31-30(37-28)24(21-38-31)22-12-14-23(15-13-22)29(34)25(11-6-2)32(16-10-17-32)27(33)8-4;1-3-2/h5-6,8,11-15,20-21,34H,1-2,7,9-10,16-19,33H2,3-4H3;3H,1H2,2H3/b25-11-,27-8-,34-29?;. The van der Waals surface area contributed by atoms with E-state index in [9.17, 15) is 4.79 Å². The zero-order chi connectivity index (χ0) is 30.0. The largest absolute Gasteiger partial charge is 0.439 e. The Morgan fingerprint density at radius 1 is 1.17 bits per heavy atom. The van der Waals surface area contributed by atoms with Crippen LogP contribution in [0.1, 0.15) is 58.4 Å². The Morgan fingerprint density at radius 2 is 1.85 bits per heavy atom. The minimum absolute atomic E-state index is 0.0258. The van der Waals surface area contributed by atoms with Crippen molar-refractivity contribution in [1.29, 1.82) is 5.41 Å². The third-order valence-corrected chi connectivity index (χ3v) is 8.44. The summed E-state index contributed by atoms with van der Waals surface area (Å²) in [6, 6.07) is 9.53. The summed E-state index contributed by atoms with van der Waals surface area (Å²) in [5.41, 5.74) is 11.6. The summed E-state index contributed by atoms with van der Waals surface area (Å²) >= 11 is 1.41. The van der Waals surface area contributed by atoms with Gasteiger partial charge < -0.3 is 15.1 Å². The molecule has 1 saturated carbocycles. The molecule has 4 rings (SSSR count). The van der Waals surface area contributed by atoms with Gasteiger partial charge in [-0.2, -0.15) is 0 Å². The Hall–Kier alpha value is -3.90. The third kappa shape index (κ3) is 6.71. The molecule has 3 aromatic rings. The molecule has 5 nitrogen and oxygen atoms in total. The number of fused-ring (bicyclic) bond motifs is 1.